The van der Waals surface area contributed by atoms with E-state index in [4.69, 9.17) is 4.74 Å². The minimum Gasteiger partial charge on any atom is -0.377 e. The van der Waals surface area contributed by atoms with Crippen molar-refractivity contribution in [3.8, 4) is 0 Å². The average molecular weight is 353 g/mol. The fraction of sp³-hybridized carbons (Fsp3) is 0.824. The Balaban J connectivity index is 1.77. The molecule has 3 N–H and O–H groups in total. The molecule has 0 aliphatic carbocycles. The minimum atomic E-state index is -0.331. The summed E-state index contributed by atoms with van der Waals surface area (Å²) in [6.45, 7) is 9.11. The molecule has 8 nitrogen and oxygen atoms in total. The van der Waals surface area contributed by atoms with Gasteiger partial charge in [-0.1, -0.05) is 20.8 Å². The second-order valence-electron chi connectivity index (χ2n) is 7.64. The lowest BCUT2D eigenvalue weighted by Gasteiger charge is -2.40. The molecule has 0 aromatic heterocycles. The van der Waals surface area contributed by atoms with Crippen LogP contribution in [0.2, 0.25) is 0 Å². The summed E-state index contributed by atoms with van der Waals surface area (Å²) in [5, 5.41) is 9.01. The number of nitrogens with zero attached hydrogens (tertiary/aromatic N) is 2. The molecular weight excluding hydrogens is 322 g/mol. The van der Waals surface area contributed by atoms with Crippen LogP contribution in [0.4, 0.5) is 4.79 Å². The molecule has 0 saturated carbocycles. The van der Waals surface area contributed by atoms with Gasteiger partial charge in [0, 0.05) is 39.2 Å². The van der Waals surface area contributed by atoms with Gasteiger partial charge in [-0.05, 0) is 18.3 Å². The van der Waals surface area contributed by atoms with E-state index < -0.39 is 0 Å². The lowest BCUT2D eigenvalue weighted by molar-refractivity contribution is -0.124. The van der Waals surface area contributed by atoms with Crippen LogP contribution in [0, 0.1) is 11.3 Å². The van der Waals surface area contributed by atoms with Crippen molar-refractivity contribution in [2.45, 2.75) is 39.7 Å². The Morgan fingerprint density at radius 3 is 2.72 bits per heavy atom. The van der Waals surface area contributed by atoms with Crippen LogP contribution in [-0.2, 0) is 9.53 Å². The SMILES string of the molecule is CN=C(NCCN1C(=O)CNC1=O)NCC1CCCOC1C(C)(C)C. The van der Waals surface area contributed by atoms with E-state index in [0.717, 1.165) is 26.0 Å². The first kappa shape index (κ1) is 19.5. The lowest BCUT2D eigenvalue weighted by Crippen LogP contribution is -2.48. The molecule has 2 aliphatic heterocycles. The van der Waals surface area contributed by atoms with Crippen LogP contribution in [0.15, 0.2) is 4.99 Å². The van der Waals surface area contributed by atoms with Crippen molar-refractivity contribution in [2.24, 2.45) is 16.3 Å². The Morgan fingerprint density at radius 2 is 2.12 bits per heavy atom. The van der Waals surface area contributed by atoms with Gasteiger partial charge in [-0.3, -0.25) is 14.7 Å². The van der Waals surface area contributed by atoms with Crippen LogP contribution in [0.25, 0.3) is 0 Å². The first-order valence-corrected chi connectivity index (χ1v) is 8.97. The van der Waals surface area contributed by atoms with Crippen molar-refractivity contribution in [1.29, 1.82) is 0 Å². The first-order chi connectivity index (χ1) is 11.8. The number of carbonyl (C=O) groups excluding carboxylic acids is 2. The Hall–Kier alpha value is -1.83. The quantitative estimate of drug-likeness (QED) is 0.381. The van der Waals surface area contributed by atoms with Crippen LogP contribution in [0.1, 0.15) is 33.6 Å². The number of hydrogen-bond donors (Lipinski definition) is 3. The molecule has 0 radical (unpaired) electrons. The summed E-state index contributed by atoms with van der Waals surface area (Å²) in [4.78, 5) is 28.5. The van der Waals surface area contributed by atoms with E-state index in [1.807, 2.05) is 0 Å². The third-order valence-corrected chi connectivity index (χ3v) is 4.62. The summed E-state index contributed by atoms with van der Waals surface area (Å²) in [5.74, 6) is 0.908. The van der Waals surface area contributed by atoms with Gasteiger partial charge in [0.05, 0.1) is 12.6 Å². The number of carbonyl (C=O) groups is 2. The average Bonchev–Trinajstić information content (AvgIpc) is 2.89. The highest BCUT2D eigenvalue weighted by molar-refractivity contribution is 6.01. The fourth-order valence-electron chi connectivity index (χ4n) is 3.43. The molecule has 2 rings (SSSR count). The van der Waals surface area contributed by atoms with E-state index in [0.29, 0.717) is 25.0 Å². The maximum Gasteiger partial charge on any atom is 0.324 e. The van der Waals surface area contributed by atoms with Gasteiger partial charge in [-0.25, -0.2) is 4.79 Å². The van der Waals surface area contributed by atoms with Crippen LogP contribution < -0.4 is 16.0 Å². The van der Waals surface area contributed by atoms with Crippen LogP contribution in [-0.4, -0.2) is 68.7 Å². The molecule has 0 bridgehead atoms. The van der Waals surface area contributed by atoms with Gasteiger partial charge in [0.25, 0.3) is 0 Å². The summed E-state index contributed by atoms with van der Waals surface area (Å²) < 4.78 is 6.00. The van der Waals surface area contributed by atoms with Gasteiger partial charge in [0.1, 0.15) is 0 Å². The third kappa shape index (κ3) is 5.32. The summed E-state index contributed by atoms with van der Waals surface area (Å²) >= 11 is 0. The van der Waals surface area contributed by atoms with Crippen molar-refractivity contribution < 1.29 is 14.3 Å². The lowest BCUT2D eigenvalue weighted by atomic mass is 9.78. The fourth-order valence-corrected chi connectivity index (χ4v) is 3.43. The van der Waals surface area contributed by atoms with Gasteiger partial charge < -0.3 is 20.7 Å². The second kappa shape index (κ2) is 8.51. The summed E-state index contributed by atoms with van der Waals surface area (Å²) in [6.07, 6.45) is 2.43. The molecule has 8 heteroatoms. The Morgan fingerprint density at radius 1 is 1.36 bits per heavy atom. The van der Waals surface area contributed by atoms with Crippen molar-refractivity contribution in [3.63, 3.8) is 0 Å². The Bertz CT molecular complexity index is 499. The van der Waals surface area contributed by atoms with Crippen molar-refractivity contribution in [3.05, 3.63) is 0 Å². The molecule has 2 fully saturated rings. The summed E-state index contributed by atoms with van der Waals surface area (Å²) in [7, 11) is 1.71. The summed E-state index contributed by atoms with van der Waals surface area (Å²) in [6, 6.07) is -0.331. The number of amides is 3. The van der Waals surface area contributed by atoms with E-state index >= 15 is 0 Å². The van der Waals surface area contributed by atoms with Crippen LogP contribution in [0.3, 0.4) is 0 Å². The zero-order chi connectivity index (χ0) is 18.4. The van der Waals surface area contributed by atoms with Gasteiger partial charge in [0.2, 0.25) is 5.91 Å². The zero-order valence-corrected chi connectivity index (χ0v) is 15.7. The standard InChI is InChI=1S/C17H31N5O3/c1-17(2,3)14-12(6-5-9-25-14)10-20-15(18-4)19-7-8-22-13(23)11-21-16(22)24/h12,14H,5-11H2,1-4H3,(H,21,24)(H2,18,19,20). The number of guanidine groups is 1. The predicted molar refractivity (Wildman–Crippen MR) is 96.4 cm³/mol. The zero-order valence-electron chi connectivity index (χ0n) is 15.7. The number of nitrogens with one attached hydrogen (secondary N) is 3. The van der Waals surface area contributed by atoms with Crippen molar-refractivity contribution in [2.75, 3.05) is 39.8 Å². The third-order valence-electron chi connectivity index (χ3n) is 4.62. The highest BCUT2D eigenvalue weighted by Crippen LogP contribution is 2.33. The Labute approximate surface area is 149 Å². The number of rotatable bonds is 5. The molecule has 0 aromatic carbocycles. The molecule has 2 unspecified atom stereocenters. The van der Waals surface area contributed by atoms with E-state index in [9.17, 15) is 9.59 Å². The number of imide groups is 1. The number of aliphatic imine (C=N–C) groups is 1. The van der Waals surface area contributed by atoms with E-state index in [1.165, 1.54) is 4.90 Å². The maximum absolute atomic E-state index is 11.5. The first-order valence-electron chi connectivity index (χ1n) is 8.97. The highest BCUT2D eigenvalue weighted by Gasteiger charge is 2.35. The molecule has 0 spiro atoms. The highest BCUT2D eigenvalue weighted by atomic mass is 16.5. The molecule has 2 saturated heterocycles. The molecule has 2 heterocycles. The van der Waals surface area contributed by atoms with Crippen molar-refractivity contribution in [1.82, 2.24) is 20.9 Å². The van der Waals surface area contributed by atoms with E-state index in [-0.39, 0.29) is 30.0 Å². The molecule has 3 amide bonds. The monoisotopic (exact) mass is 353 g/mol. The number of ether oxygens (including phenoxy) is 1. The van der Waals surface area contributed by atoms with Crippen molar-refractivity contribution >= 4 is 17.9 Å². The van der Waals surface area contributed by atoms with E-state index in [2.05, 4.69) is 41.7 Å². The Kier molecular flexibility index (Phi) is 6.64. The van der Waals surface area contributed by atoms with Crippen LogP contribution in [0.5, 0.6) is 0 Å². The number of hydrogen-bond acceptors (Lipinski definition) is 4. The van der Waals surface area contributed by atoms with Gasteiger partial charge in [0.15, 0.2) is 5.96 Å². The molecule has 2 atom stereocenters. The minimum absolute atomic E-state index is 0.0850. The maximum atomic E-state index is 11.5. The predicted octanol–water partition coefficient (Wildman–Crippen LogP) is 0.545. The number of urea groups is 1. The molecule has 2 aliphatic rings. The summed E-state index contributed by atoms with van der Waals surface area (Å²) in [5.41, 5.74) is 0.104. The smallest absolute Gasteiger partial charge is 0.324 e. The second-order valence-corrected chi connectivity index (χ2v) is 7.64. The topological polar surface area (TPSA) is 95.1 Å². The molecule has 142 valence electrons. The normalized spacial score (nSPS) is 25.1. The van der Waals surface area contributed by atoms with Gasteiger partial charge in [-0.15, -0.1) is 0 Å². The van der Waals surface area contributed by atoms with E-state index in [1.54, 1.807) is 7.05 Å². The molecular formula is C17H31N5O3. The van der Waals surface area contributed by atoms with Gasteiger partial charge >= 0.3 is 6.03 Å². The molecule has 25 heavy (non-hydrogen) atoms. The van der Waals surface area contributed by atoms with Crippen LogP contribution >= 0.6 is 0 Å². The largest absolute Gasteiger partial charge is 0.377 e. The molecule has 0 aromatic rings. The van der Waals surface area contributed by atoms with Gasteiger partial charge in [-0.2, -0.15) is 0 Å².